The molecule has 0 saturated carbocycles. The summed E-state index contributed by atoms with van der Waals surface area (Å²) >= 11 is 0. The van der Waals surface area contributed by atoms with Crippen LogP contribution in [0, 0.1) is 0 Å². The Bertz CT molecular complexity index is 873. The summed E-state index contributed by atoms with van der Waals surface area (Å²) < 4.78 is 48.2. The topological polar surface area (TPSA) is 280 Å². The van der Waals surface area contributed by atoms with Crippen LogP contribution in [0.1, 0.15) is 13.8 Å². The summed E-state index contributed by atoms with van der Waals surface area (Å²) in [4.78, 5) is 33.6. The van der Waals surface area contributed by atoms with Crippen LogP contribution in [0.15, 0.2) is 5.11 Å². The fourth-order valence-electron chi connectivity index (χ4n) is 3.22. The summed E-state index contributed by atoms with van der Waals surface area (Å²) in [6.07, 6.45) is -11.9. The monoisotopic (exact) mass is 536 g/mol. The summed E-state index contributed by atoms with van der Waals surface area (Å²) in [6.45, 7) is 1.08. The fourth-order valence-corrected chi connectivity index (χ4v) is 5.39. The van der Waals surface area contributed by atoms with Gasteiger partial charge in [-0.1, -0.05) is 5.11 Å². The number of nitrogens with one attached hydrogen (secondary N) is 1. The van der Waals surface area contributed by atoms with E-state index in [-0.39, 0.29) is 0 Å². The molecular weight excluding hydrogens is 510 g/mol. The Morgan fingerprint density at radius 3 is 2.21 bits per heavy atom. The predicted molar refractivity (Wildman–Crippen MR) is 106 cm³/mol. The number of nitrogens with zero attached hydrogens (tertiary/aromatic N) is 3. The molecule has 11 atom stereocenters. The molecule has 20 heteroatoms. The lowest BCUT2D eigenvalue weighted by molar-refractivity contribution is -0.238. The molecule has 34 heavy (non-hydrogen) atoms. The van der Waals surface area contributed by atoms with Gasteiger partial charge in [-0.15, -0.1) is 0 Å². The second-order valence-corrected chi connectivity index (χ2v) is 10.4. The van der Waals surface area contributed by atoms with Gasteiger partial charge in [-0.3, -0.25) is 13.8 Å². The highest BCUT2D eigenvalue weighted by Gasteiger charge is 2.49. The first-order valence-electron chi connectivity index (χ1n) is 9.68. The largest absolute Gasteiger partial charge is 0.483 e. The summed E-state index contributed by atoms with van der Waals surface area (Å²) in [5.41, 5.74) is 8.43. The van der Waals surface area contributed by atoms with E-state index >= 15 is 0 Å². The number of amides is 1. The SMILES string of the molecule is CC(=O)NC1C(OP(=O)(O)OP(=O)(O)OC[C@H]2O[C@@H](C)C(O)[C@H]2O)OC(CN=[N+]=[N-])C(O)C1O. The Morgan fingerprint density at radius 1 is 1.06 bits per heavy atom. The van der Waals surface area contributed by atoms with Crippen molar-refractivity contribution in [2.24, 2.45) is 5.11 Å². The molecule has 8 unspecified atom stereocenters. The van der Waals surface area contributed by atoms with Crippen LogP contribution in [0.5, 0.6) is 0 Å². The summed E-state index contributed by atoms with van der Waals surface area (Å²) in [5, 5.41) is 45.1. The zero-order chi connectivity index (χ0) is 25.8. The van der Waals surface area contributed by atoms with Gasteiger partial charge in [0.2, 0.25) is 5.91 Å². The minimum absolute atomic E-state index is 0.548. The minimum atomic E-state index is -5.53. The van der Waals surface area contributed by atoms with Crippen molar-refractivity contribution in [3.63, 3.8) is 0 Å². The third kappa shape index (κ3) is 7.65. The summed E-state index contributed by atoms with van der Waals surface area (Å²) in [5.74, 6) is -0.765. The van der Waals surface area contributed by atoms with Crippen LogP contribution >= 0.6 is 15.6 Å². The molecule has 2 rings (SSSR count). The maximum atomic E-state index is 12.4. The molecule has 2 heterocycles. The zero-order valence-corrected chi connectivity index (χ0v) is 19.6. The molecule has 0 aromatic heterocycles. The van der Waals surface area contributed by atoms with Gasteiger partial charge in [0.15, 0.2) is 6.29 Å². The lowest BCUT2D eigenvalue weighted by atomic mass is 9.97. The number of rotatable bonds is 10. The Kier molecular flexibility index (Phi) is 9.98. The number of azide groups is 1. The van der Waals surface area contributed by atoms with E-state index in [4.69, 9.17) is 19.5 Å². The van der Waals surface area contributed by atoms with E-state index < -0.39 is 89.8 Å². The number of aliphatic hydroxyl groups is 4. The molecule has 1 amide bonds. The molecule has 18 nitrogen and oxygen atoms in total. The van der Waals surface area contributed by atoms with Gasteiger partial charge in [-0.2, -0.15) is 4.31 Å². The Morgan fingerprint density at radius 2 is 1.68 bits per heavy atom. The highest BCUT2D eigenvalue weighted by atomic mass is 31.3. The molecule has 7 N–H and O–H groups in total. The number of phosphoric ester groups is 2. The molecule has 0 radical (unpaired) electrons. The van der Waals surface area contributed by atoms with Gasteiger partial charge in [0.05, 0.1) is 25.4 Å². The van der Waals surface area contributed by atoms with Gasteiger partial charge in [0, 0.05) is 11.8 Å². The summed E-state index contributed by atoms with van der Waals surface area (Å²) in [6, 6.07) is -1.65. The van der Waals surface area contributed by atoms with Crippen LogP contribution in [0.25, 0.3) is 10.4 Å². The van der Waals surface area contributed by atoms with E-state index in [0.717, 1.165) is 6.92 Å². The summed E-state index contributed by atoms with van der Waals surface area (Å²) in [7, 11) is -10.9. The minimum Gasteiger partial charge on any atom is -0.388 e. The Balaban J connectivity index is 2.09. The van der Waals surface area contributed by atoms with Crippen LogP contribution in [0.2, 0.25) is 0 Å². The van der Waals surface area contributed by atoms with Crippen molar-refractivity contribution in [3.05, 3.63) is 10.4 Å². The van der Waals surface area contributed by atoms with Crippen molar-refractivity contribution in [2.75, 3.05) is 13.2 Å². The molecule has 196 valence electrons. The van der Waals surface area contributed by atoms with Crippen LogP contribution in [0.4, 0.5) is 0 Å². The molecular formula is C14H26N4O14P2. The van der Waals surface area contributed by atoms with E-state index in [1.165, 1.54) is 6.92 Å². The standard InChI is InChI=1S/C14H26N4O14P2/c1-5-10(20)12(22)8(29-5)4-28-33(24,25)32-34(26,27)31-14-9(17-6(2)19)13(23)11(21)7(30-14)3-16-18-15/h5,7-14,20-23H,3-4H2,1-2H3,(H,17,19)(H,24,25)(H,26,27)/t5-,7?,8+,9?,10?,11?,12-,13?,14?/m0/s1. The lowest BCUT2D eigenvalue weighted by Gasteiger charge is -2.42. The molecule has 0 bridgehead atoms. The Labute approximate surface area is 192 Å². The Hall–Kier alpha value is -1.20. The predicted octanol–water partition coefficient (Wildman–Crippen LogP) is -1.99. The quantitative estimate of drug-likeness (QED) is 0.0689. The first-order chi connectivity index (χ1) is 15.7. The number of phosphoric acid groups is 2. The van der Waals surface area contributed by atoms with Crippen LogP contribution in [-0.2, 0) is 36.8 Å². The van der Waals surface area contributed by atoms with Crippen molar-refractivity contribution in [1.29, 1.82) is 0 Å². The van der Waals surface area contributed by atoms with E-state index in [9.17, 15) is 44.1 Å². The number of carbonyl (C=O) groups is 1. The smallest absolute Gasteiger partial charge is 0.388 e. The van der Waals surface area contributed by atoms with Crippen molar-refractivity contribution in [3.8, 4) is 0 Å². The van der Waals surface area contributed by atoms with Gasteiger partial charge in [0.25, 0.3) is 0 Å². The van der Waals surface area contributed by atoms with Gasteiger partial charge in [-0.25, -0.2) is 9.13 Å². The van der Waals surface area contributed by atoms with E-state index in [0.29, 0.717) is 0 Å². The first kappa shape index (κ1) is 29.0. The molecule has 0 aliphatic carbocycles. The lowest BCUT2D eigenvalue weighted by Crippen LogP contribution is -2.64. The fraction of sp³-hybridized carbons (Fsp3) is 0.929. The highest BCUT2D eigenvalue weighted by Crippen LogP contribution is 2.61. The second-order valence-electron chi connectivity index (χ2n) is 7.44. The number of hydrogen-bond acceptors (Lipinski definition) is 13. The van der Waals surface area contributed by atoms with E-state index in [2.05, 4.69) is 24.2 Å². The van der Waals surface area contributed by atoms with Crippen molar-refractivity contribution >= 4 is 21.6 Å². The molecule has 0 aromatic carbocycles. The third-order valence-corrected chi connectivity index (χ3v) is 7.44. The number of aliphatic hydroxyl groups excluding tert-OH is 4. The van der Waals surface area contributed by atoms with Crippen molar-refractivity contribution in [2.45, 2.75) is 68.9 Å². The normalized spacial score (nSPS) is 39.5. The number of carbonyl (C=O) groups excluding carboxylic acids is 1. The number of ether oxygens (including phenoxy) is 2. The number of hydrogen-bond donors (Lipinski definition) is 7. The van der Waals surface area contributed by atoms with Gasteiger partial charge in [-0.05, 0) is 12.5 Å². The van der Waals surface area contributed by atoms with Gasteiger partial charge >= 0.3 is 15.6 Å². The third-order valence-electron chi connectivity index (χ3n) is 4.84. The highest BCUT2D eigenvalue weighted by molar-refractivity contribution is 7.61. The van der Waals surface area contributed by atoms with Crippen LogP contribution in [-0.4, -0.2) is 104 Å². The van der Waals surface area contributed by atoms with Crippen molar-refractivity contribution in [1.82, 2.24) is 5.32 Å². The van der Waals surface area contributed by atoms with E-state index in [1.807, 2.05) is 0 Å². The molecule has 2 aliphatic heterocycles. The first-order valence-corrected chi connectivity index (χ1v) is 12.7. The van der Waals surface area contributed by atoms with Crippen LogP contribution in [0.3, 0.4) is 0 Å². The average Bonchev–Trinajstić information content (AvgIpc) is 2.96. The zero-order valence-electron chi connectivity index (χ0n) is 17.8. The van der Waals surface area contributed by atoms with Crippen molar-refractivity contribution < 1.29 is 67.0 Å². The van der Waals surface area contributed by atoms with E-state index in [1.54, 1.807) is 0 Å². The molecule has 2 aliphatic rings. The molecule has 0 aromatic rings. The molecule has 2 fully saturated rings. The second kappa shape index (κ2) is 11.7. The van der Waals surface area contributed by atoms with Gasteiger partial charge in [0.1, 0.15) is 36.6 Å². The molecule has 2 saturated heterocycles. The maximum absolute atomic E-state index is 12.4. The van der Waals surface area contributed by atoms with Crippen LogP contribution < -0.4 is 5.32 Å². The molecule has 0 spiro atoms. The maximum Gasteiger partial charge on any atom is 0.483 e. The van der Waals surface area contributed by atoms with Gasteiger partial charge < -0.3 is 45.0 Å². The average molecular weight is 536 g/mol.